The summed E-state index contributed by atoms with van der Waals surface area (Å²) < 4.78 is 5.56. The minimum Gasteiger partial charge on any atom is -0.484 e. The van der Waals surface area contributed by atoms with E-state index in [1.807, 2.05) is 50.2 Å². The average molecular weight is 374 g/mol. The van der Waals surface area contributed by atoms with E-state index in [0.29, 0.717) is 17.0 Å². The first-order chi connectivity index (χ1) is 13.5. The number of nitrogens with one attached hydrogen (secondary N) is 2. The standard InChI is InChI=1S/C23H22N2O3/c1-16-11-12-20(13-17(16)2)24-22(26)15-28-21-10-6-9-19(14-21)25-23(27)18-7-4-3-5-8-18/h3-14H,15H2,1-2H3,(H,24,26)(H,25,27). The quantitative estimate of drug-likeness (QED) is 0.664. The van der Waals surface area contributed by atoms with Crippen LogP contribution in [-0.4, -0.2) is 18.4 Å². The summed E-state index contributed by atoms with van der Waals surface area (Å²) in [5.74, 6) is 0.0494. The summed E-state index contributed by atoms with van der Waals surface area (Å²) in [5, 5.41) is 5.63. The first-order valence-electron chi connectivity index (χ1n) is 8.97. The SMILES string of the molecule is Cc1ccc(NC(=O)COc2cccc(NC(=O)c3ccccc3)c2)cc1C. The highest BCUT2D eigenvalue weighted by atomic mass is 16.5. The Balaban J connectivity index is 1.56. The Hall–Kier alpha value is -3.60. The smallest absolute Gasteiger partial charge is 0.262 e. The molecule has 2 amide bonds. The van der Waals surface area contributed by atoms with Gasteiger partial charge in [0.05, 0.1) is 0 Å². The van der Waals surface area contributed by atoms with E-state index >= 15 is 0 Å². The van der Waals surface area contributed by atoms with Crippen molar-refractivity contribution < 1.29 is 14.3 Å². The van der Waals surface area contributed by atoms with Gasteiger partial charge in [0.1, 0.15) is 5.75 Å². The number of carbonyl (C=O) groups is 2. The van der Waals surface area contributed by atoms with Crippen molar-refractivity contribution >= 4 is 23.2 Å². The van der Waals surface area contributed by atoms with Crippen LogP contribution in [0.5, 0.6) is 5.75 Å². The molecule has 0 unspecified atom stereocenters. The zero-order valence-corrected chi connectivity index (χ0v) is 15.9. The third-order valence-electron chi connectivity index (χ3n) is 4.29. The fraction of sp³-hybridized carbons (Fsp3) is 0.130. The van der Waals surface area contributed by atoms with Gasteiger partial charge < -0.3 is 15.4 Å². The van der Waals surface area contributed by atoms with Crippen LogP contribution in [0.4, 0.5) is 11.4 Å². The van der Waals surface area contributed by atoms with Gasteiger partial charge in [-0.05, 0) is 61.4 Å². The van der Waals surface area contributed by atoms with E-state index in [2.05, 4.69) is 10.6 Å². The first kappa shape index (κ1) is 19.2. The van der Waals surface area contributed by atoms with E-state index in [0.717, 1.165) is 11.3 Å². The Bertz CT molecular complexity index is 984. The Morgan fingerprint density at radius 3 is 2.29 bits per heavy atom. The lowest BCUT2D eigenvalue weighted by Crippen LogP contribution is -2.20. The molecule has 0 atom stereocenters. The highest BCUT2D eigenvalue weighted by Crippen LogP contribution is 2.19. The van der Waals surface area contributed by atoms with Crippen molar-refractivity contribution in [1.29, 1.82) is 0 Å². The maximum absolute atomic E-state index is 12.2. The predicted molar refractivity (Wildman–Crippen MR) is 111 cm³/mol. The summed E-state index contributed by atoms with van der Waals surface area (Å²) in [6.07, 6.45) is 0. The zero-order chi connectivity index (χ0) is 19.9. The third-order valence-corrected chi connectivity index (χ3v) is 4.29. The van der Waals surface area contributed by atoms with Gasteiger partial charge in [-0.3, -0.25) is 9.59 Å². The molecule has 0 spiro atoms. The predicted octanol–water partition coefficient (Wildman–Crippen LogP) is 4.57. The number of anilines is 2. The van der Waals surface area contributed by atoms with Crippen molar-refractivity contribution in [2.75, 3.05) is 17.2 Å². The van der Waals surface area contributed by atoms with Crippen molar-refractivity contribution in [1.82, 2.24) is 0 Å². The molecule has 0 aliphatic rings. The molecular formula is C23H22N2O3. The summed E-state index contributed by atoms with van der Waals surface area (Å²) in [6.45, 7) is 3.90. The van der Waals surface area contributed by atoms with Crippen molar-refractivity contribution in [3.8, 4) is 5.75 Å². The van der Waals surface area contributed by atoms with E-state index in [4.69, 9.17) is 4.74 Å². The summed E-state index contributed by atoms with van der Waals surface area (Å²) in [4.78, 5) is 24.4. The largest absolute Gasteiger partial charge is 0.484 e. The highest BCUT2D eigenvalue weighted by molar-refractivity contribution is 6.04. The van der Waals surface area contributed by atoms with Gasteiger partial charge in [-0.25, -0.2) is 0 Å². The lowest BCUT2D eigenvalue weighted by atomic mass is 10.1. The molecule has 0 heterocycles. The molecule has 0 saturated heterocycles. The van der Waals surface area contributed by atoms with Gasteiger partial charge in [-0.1, -0.05) is 30.3 Å². The molecule has 0 aliphatic heterocycles. The summed E-state index contributed by atoms with van der Waals surface area (Å²) in [6, 6.07) is 21.7. The van der Waals surface area contributed by atoms with Gasteiger partial charge in [0, 0.05) is 23.0 Å². The minimum absolute atomic E-state index is 0.122. The number of aryl methyl sites for hydroxylation is 2. The minimum atomic E-state index is -0.248. The van der Waals surface area contributed by atoms with Gasteiger partial charge in [0.15, 0.2) is 6.61 Å². The van der Waals surface area contributed by atoms with Gasteiger partial charge in [0.2, 0.25) is 0 Å². The van der Waals surface area contributed by atoms with Crippen LogP contribution in [0.25, 0.3) is 0 Å². The van der Waals surface area contributed by atoms with Crippen LogP contribution >= 0.6 is 0 Å². The Kier molecular flexibility index (Phi) is 6.07. The van der Waals surface area contributed by atoms with Crippen molar-refractivity contribution in [3.05, 3.63) is 89.5 Å². The molecule has 3 aromatic rings. The Morgan fingerprint density at radius 1 is 0.786 bits per heavy atom. The number of hydrogen-bond donors (Lipinski definition) is 2. The fourth-order valence-electron chi connectivity index (χ4n) is 2.62. The third kappa shape index (κ3) is 5.20. The number of benzene rings is 3. The molecule has 0 bridgehead atoms. The van der Waals surface area contributed by atoms with Crippen LogP contribution in [0.2, 0.25) is 0 Å². The summed E-state index contributed by atoms with van der Waals surface area (Å²) in [7, 11) is 0. The van der Waals surface area contributed by atoms with E-state index in [1.165, 1.54) is 5.56 Å². The van der Waals surface area contributed by atoms with E-state index < -0.39 is 0 Å². The number of ether oxygens (including phenoxy) is 1. The van der Waals surface area contributed by atoms with Crippen LogP contribution in [-0.2, 0) is 4.79 Å². The molecule has 0 aliphatic carbocycles. The lowest BCUT2D eigenvalue weighted by molar-refractivity contribution is -0.118. The molecule has 0 aromatic heterocycles. The summed E-state index contributed by atoms with van der Waals surface area (Å²) in [5.41, 5.74) is 4.19. The Morgan fingerprint density at radius 2 is 1.54 bits per heavy atom. The molecule has 5 heteroatoms. The molecule has 142 valence electrons. The molecule has 3 rings (SSSR count). The monoisotopic (exact) mass is 374 g/mol. The van der Waals surface area contributed by atoms with Crippen LogP contribution in [0.15, 0.2) is 72.8 Å². The zero-order valence-electron chi connectivity index (χ0n) is 15.9. The van der Waals surface area contributed by atoms with E-state index in [9.17, 15) is 9.59 Å². The molecule has 28 heavy (non-hydrogen) atoms. The van der Waals surface area contributed by atoms with E-state index in [1.54, 1.807) is 36.4 Å². The second-order valence-corrected chi connectivity index (χ2v) is 6.48. The van der Waals surface area contributed by atoms with Gasteiger partial charge in [-0.15, -0.1) is 0 Å². The second-order valence-electron chi connectivity index (χ2n) is 6.48. The van der Waals surface area contributed by atoms with Crippen LogP contribution in [0, 0.1) is 13.8 Å². The van der Waals surface area contributed by atoms with E-state index in [-0.39, 0.29) is 18.4 Å². The van der Waals surface area contributed by atoms with Crippen molar-refractivity contribution in [2.24, 2.45) is 0 Å². The highest BCUT2D eigenvalue weighted by Gasteiger charge is 2.08. The van der Waals surface area contributed by atoms with Crippen LogP contribution in [0.3, 0.4) is 0 Å². The topological polar surface area (TPSA) is 67.4 Å². The maximum atomic E-state index is 12.2. The molecule has 3 aromatic carbocycles. The number of hydrogen-bond acceptors (Lipinski definition) is 3. The van der Waals surface area contributed by atoms with Crippen LogP contribution in [0.1, 0.15) is 21.5 Å². The molecule has 0 fully saturated rings. The molecule has 0 radical (unpaired) electrons. The number of rotatable bonds is 6. The molecular weight excluding hydrogens is 352 g/mol. The number of carbonyl (C=O) groups excluding carboxylic acids is 2. The van der Waals surface area contributed by atoms with Gasteiger partial charge >= 0.3 is 0 Å². The lowest BCUT2D eigenvalue weighted by Gasteiger charge is -2.10. The molecule has 2 N–H and O–H groups in total. The fourth-order valence-corrected chi connectivity index (χ4v) is 2.62. The van der Waals surface area contributed by atoms with Gasteiger partial charge in [0.25, 0.3) is 11.8 Å². The second kappa shape index (κ2) is 8.86. The number of amides is 2. The maximum Gasteiger partial charge on any atom is 0.262 e. The van der Waals surface area contributed by atoms with Crippen molar-refractivity contribution in [2.45, 2.75) is 13.8 Å². The average Bonchev–Trinajstić information content (AvgIpc) is 2.70. The summed E-state index contributed by atoms with van der Waals surface area (Å²) >= 11 is 0. The normalized spacial score (nSPS) is 10.2. The Labute approximate surface area is 164 Å². The van der Waals surface area contributed by atoms with Crippen molar-refractivity contribution in [3.63, 3.8) is 0 Å². The molecule has 5 nitrogen and oxygen atoms in total. The van der Waals surface area contributed by atoms with Gasteiger partial charge in [-0.2, -0.15) is 0 Å². The molecule has 0 saturated carbocycles. The first-order valence-corrected chi connectivity index (χ1v) is 8.97. The van der Waals surface area contributed by atoms with Crippen LogP contribution < -0.4 is 15.4 Å².